The van der Waals surface area contributed by atoms with Gasteiger partial charge < -0.3 is 22.0 Å². The predicted molar refractivity (Wildman–Crippen MR) is 135 cm³/mol. The predicted octanol–water partition coefficient (Wildman–Crippen LogP) is 2.96. The van der Waals surface area contributed by atoms with Crippen molar-refractivity contribution in [1.29, 1.82) is 0 Å². The fraction of sp³-hybridized carbons (Fsp3) is 0.458. The zero-order valence-corrected chi connectivity index (χ0v) is 21.5. The molecule has 1 aromatic rings. The Hall–Kier alpha value is -3.58. The molecule has 0 aromatic carbocycles. The zero-order chi connectivity index (χ0) is 26.5. The van der Waals surface area contributed by atoms with E-state index < -0.39 is 33.5 Å². The van der Waals surface area contributed by atoms with Crippen LogP contribution in [-0.2, 0) is 36.6 Å². The van der Waals surface area contributed by atoms with Crippen LogP contribution in [-0.4, -0.2) is 62.1 Å². The van der Waals surface area contributed by atoms with E-state index in [0.29, 0.717) is 19.3 Å². The Kier molecular flexibility index (Phi) is 7.73. The van der Waals surface area contributed by atoms with Crippen molar-refractivity contribution in [1.82, 2.24) is 14.6 Å². The molecule has 12 nitrogen and oxygen atoms in total. The third-order valence-electron chi connectivity index (χ3n) is 6.22. The zero-order valence-electron chi connectivity index (χ0n) is 20.7. The molecule has 2 aliphatic heterocycles. The molecular weight excluding hydrogens is 504 g/mol. The molecule has 0 N–H and O–H groups in total. The van der Waals surface area contributed by atoms with Gasteiger partial charge in [0.1, 0.15) is 0 Å². The minimum Gasteiger partial charge on any atom is -0.357 e. The maximum absolute atomic E-state index is 12.8. The maximum atomic E-state index is 12.8. The van der Waals surface area contributed by atoms with E-state index in [1.165, 1.54) is 11.3 Å². The summed E-state index contributed by atoms with van der Waals surface area (Å²) in [6.45, 7) is 2.01. The Bertz CT molecular complexity index is 1200. The number of hydrogen-bond donors (Lipinski definition) is 0. The molecule has 1 fully saturated rings. The smallest absolute Gasteiger partial charge is 0.350 e. The van der Waals surface area contributed by atoms with Crippen LogP contribution in [0.25, 0.3) is 0 Å². The molecule has 4 rings (SSSR count). The summed E-state index contributed by atoms with van der Waals surface area (Å²) in [6, 6.07) is -0.395. The van der Waals surface area contributed by atoms with Gasteiger partial charge in [-0.15, -0.1) is 0 Å². The Balaban J connectivity index is 1.91. The molecule has 0 bridgehead atoms. The van der Waals surface area contributed by atoms with Crippen LogP contribution in [0.1, 0.15) is 57.9 Å². The molecule has 3 heterocycles. The number of hydroxylamine groups is 2. The lowest BCUT2D eigenvalue weighted by molar-refractivity contribution is -0.175. The van der Waals surface area contributed by atoms with E-state index in [-0.39, 0.29) is 17.2 Å². The van der Waals surface area contributed by atoms with Gasteiger partial charge in [0.05, 0.1) is 18.6 Å². The van der Waals surface area contributed by atoms with E-state index >= 15 is 0 Å². The average Bonchev–Trinajstić information content (AvgIpc) is 3.37. The van der Waals surface area contributed by atoms with Crippen LogP contribution in [0.4, 0.5) is 0 Å². The Morgan fingerprint density at radius 3 is 2.14 bits per heavy atom. The fourth-order valence-electron chi connectivity index (χ4n) is 4.41. The van der Waals surface area contributed by atoms with Crippen molar-refractivity contribution < 1.29 is 36.6 Å². The van der Waals surface area contributed by atoms with Crippen molar-refractivity contribution in [2.75, 3.05) is 6.26 Å². The van der Waals surface area contributed by atoms with Crippen LogP contribution in [0.2, 0.25) is 0 Å². The third-order valence-corrected chi connectivity index (χ3v) is 8.97. The Labute approximate surface area is 214 Å². The molecule has 1 saturated carbocycles. The van der Waals surface area contributed by atoms with Crippen molar-refractivity contribution in [2.24, 2.45) is 4.99 Å². The van der Waals surface area contributed by atoms with E-state index in [1.54, 1.807) is 18.7 Å². The Morgan fingerprint density at radius 1 is 1.00 bits per heavy atom. The number of imidazole rings is 1. The monoisotopic (exact) mass is 534 g/mol. The lowest BCUT2D eigenvalue weighted by Gasteiger charge is -2.45. The van der Waals surface area contributed by atoms with Crippen LogP contribution in [0.3, 0.4) is 0 Å². The second-order valence-electron chi connectivity index (χ2n) is 8.96. The third kappa shape index (κ3) is 5.88. The molecule has 1 aromatic heterocycles. The van der Waals surface area contributed by atoms with Crippen LogP contribution in [0.15, 0.2) is 48.0 Å². The maximum Gasteiger partial charge on any atom is 0.350 e. The van der Waals surface area contributed by atoms with Crippen molar-refractivity contribution in [2.45, 2.75) is 64.0 Å². The molecule has 1 unspecified atom stereocenters. The second kappa shape index (κ2) is 10.8. The first-order valence-corrected chi connectivity index (χ1v) is 14.3. The van der Waals surface area contributed by atoms with Gasteiger partial charge in [-0.2, -0.15) is 0 Å². The first-order valence-electron chi connectivity index (χ1n) is 12.1. The SMILES string of the molecule is CCC(C/C=N/C1=S2(C)(OC(=O)C=CC(=O)O2)OC(=O)/C=C\C(=O)ON1C1CCCCC1)n1ccnc1. The van der Waals surface area contributed by atoms with Crippen LogP contribution in [0.5, 0.6) is 0 Å². The molecule has 3 aliphatic rings. The Morgan fingerprint density at radius 2 is 1.59 bits per heavy atom. The number of carbonyl (C=O) groups is 4. The normalized spacial score (nSPS) is 25.5. The lowest BCUT2D eigenvalue weighted by atomic mass is 9.95. The largest absolute Gasteiger partial charge is 0.357 e. The van der Waals surface area contributed by atoms with Gasteiger partial charge in [-0.05, 0) is 19.3 Å². The summed E-state index contributed by atoms with van der Waals surface area (Å²) >= 11 is 0. The fourth-order valence-corrected chi connectivity index (χ4v) is 6.94. The van der Waals surface area contributed by atoms with Crippen molar-refractivity contribution >= 4 is 44.8 Å². The lowest BCUT2D eigenvalue weighted by Crippen LogP contribution is -2.46. The quantitative estimate of drug-likeness (QED) is 0.409. The van der Waals surface area contributed by atoms with Gasteiger partial charge in [-0.25, -0.2) is 29.2 Å². The minimum absolute atomic E-state index is 0.0132. The summed E-state index contributed by atoms with van der Waals surface area (Å²) in [5.41, 5.74) is 0. The van der Waals surface area contributed by atoms with Crippen molar-refractivity contribution in [3.63, 3.8) is 0 Å². The summed E-state index contributed by atoms with van der Waals surface area (Å²) < 4.78 is 18.9. The topological polar surface area (TPSA) is 139 Å². The number of nitrogens with zero attached hydrogens (tertiary/aromatic N) is 4. The van der Waals surface area contributed by atoms with Gasteiger partial charge in [0, 0.05) is 55.4 Å². The molecule has 13 heteroatoms. The molecule has 37 heavy (non-hydrogen) atoms. The minimum atomic E-state index is -4.87. The van der Waals surface area contributed by atoms with Crippen molar-refractivity contribution in [3.8, 4) is 0 Å². The van der Waals surface area contributed by atoms with Gasteiger partial charge in [0.2, 0.25) is 0 Å². The van der Waals surface area contributed by atoms with Gasteiger partial charge in [-0.1, -0.05) is 31.2 Å². The molecule has 0 amide bonds. The molecule has 1 atom stereocenters. The van der Waals surface area contributed by atoms with E-state index in [2.05, 4.69) is 9.98 Å². The molecular formula is C24H30N4O8S. The van der Waals surface area contributed by atoms with E-state index in [4.69, 9.17) is 17.4 Å². The summed E-state index contributed by atoms with van der Waals surface area (Å²) in [5, 5.41) is 0.938. The number of aromatic nitrogens is 2. The van der Waals surface area contributed by atoms with Crippen LogP contribution < -0.4 is 0 Å². The van der Waals surface area contributed by atoms with Gasteiger partial charge in [0.15, 0.2) is 9.59 Å². The summed E-state index contributed by atoms with van der Waals surface area (Å²) in [4.78, 5) is 65.0. The van der Waals surface area contributed by atoms with Gasteiger partial charge in [-0.3, -0.25) is 0 Å². The number of carbonyl (C=O) groups excluding carboxylic acids is 4. The summed E-state index contributed by atoms with van der Waals surface area (Å²) in [6.07, 6.45) is 16.5. The summed E-state index contributed by atoms with van der Waals surface area (Å²) in [7, 11) is -4.87. The number of aliphatic imine (C=N–C) groups is 1. The molecule has 0 radical (unpaired) electrons. The van der Waals surface area contributed by atoms with Crippen molar-refractivity contribution in [3.05, 3.63) is 43.0 Å². The van der Waals surface area contributed by atoms with Gasteiger partial charge >= 0.3 is 23.9 Å². The molecule has 0 saturated heterocycles. The first kappa shape index (κ1) is 26.5. The van der Waals surface area contributed by atoms with E-state index in [9.17, 15) is 19.2 Å². The van der Waals surface area contributed by atoms with E-state index in [1.807, 2.05) is 17.7 Å². The molecule has 200 valence electrons. The standard InChI is InChI=1S/C24H30N4O8S/c1-3-18(27-16-15-25-17-27)13-14-26-24-28(19-7-5-4-6-8-19)33-20(29)9-10-21(30)34-37(24,2)35-22(31)11-12-23(32)36-37/h9-12,14-19H,3-8,13H2,1-2H3/b10-9-,26-14+. The van der Waals surface area contributed by atoms with Crippen LogP contribution in [0, 0.1) is 0 Å². The molecule has 1 aliphatic carbocycles. The molecule has 1 spiro atoms. The van der Waals surface area contributed by atoms with E-state index in [0.717, 1.165) is 50.0 Å². The second-order valence-corrected chi connectivity index (χ2v) is 12.1. The summed E-state index contributed by atoms with van der Waals surface area (Å²) in [5.74, 6) is -3.86. The highest BCUT2D eigenvalue weighted by atomic mass is 32.3. The van der Waals surface area contributed by atoms with Crippen LogP contribution >= 0.6 is 9.59 Å². The highest BCUT2D eigenvalue weighted by Crippen LogP contribution is 2.62. The van der Waals surface area contributed by atoms with Gasteiger partial charge in [0.25, 0.3) is 5.11 Å². The first-order chi connectivity index (χ1) is 17.7. The average molecular weight is 535 g/mol. The highest BCUT2D eigenvalue weighted by Gasteiger charge is 2.49. The number of rotatable bonds is 5. The highest BCUT2D eigenvalue weighted by molar-refractivity contribution is 8.37. The number of hydrogen-bond acceptors (Lipinski definition) is 11.